The van der Waals surface area contributed by atoms with Crippen molar-refractivity contribution in [2.45, 2.75) is 0 Å². The molecule has 0 bridgehead atoms. The molecule has 0 aliphatic carbocycles. The first-order valence-electron chi connectivity index (χ1n) is 2.32. The average molecular weight is 119 g/mol. The molecule has 1 aliphatic heterocycles. The molecule has 0 saturated carbocycles. The van der Waals surface area contributed by atoms with Gasteiger partial charge in [0, 0.05) is 0 Å². The molecule has 1 rings (SSSR count). The lowest BCUT2D eigenvalue weighted by atomic mass is 10.7. The van der Waals surface area contributed by atoms with Crippen LogP contribution in [0.3, 0.4) is 0 Å². The molecule has 1 aliphatic rings. The number of alkyl halides is 1. The van der Waals surface area contributed by atoms with Crippen molar-refractivity contribution in [2.75, 3.05) is 20.0 Å². The van der Waals surface area contributed by atoms with E-state index >= 15 is 0 Å². The molecule has 0 aromatic heterocycles. The number of nitrogens with zero attached hydrogens (tertiary/aromatic N) is 1. The molecule has 0 atom stereocenters. The summed E-state index contributed by atoms with van der Waals surface area (Å²) >= 11 is 0. The van der Waals surface area contributed by atoms with Gasteiger partial charge in [-0.15, -0.1) is 0 Å². The van der Waals surface area contributed by atoms with E-state index in [0.717, 1.165) is 4.90 Å². The van der Waals surface area contributed by atoms with Gasteiger partial charge in [-0.1, -0.05) is 0 Å². The molecule has 4 heteroatoms. The van der Waals surface area contributed by atoms with Crippen LogP contribution in [0.4, 0.5) is 9.18 Å². The maximum Gasteiger partial charge on any atom is 0.412 e. The van der Waals surface area contributed by atoms with Crippen molar-refractivity contribution in [3.8, 4) is 0 Å². The van der Waals surface area contributed by atoms with Crippen LogP contribution < -0.4 is 0 Å². The molecule has 0 aromatic rings. The predicted octanol–water partition coefficient (Wildman–Crippen LogP) is 0.366. The quantitative estimate of drug-likeness (QED) is 0.466. The van der Waals surface area contributed by atoms with Gasteiger partial charge in [-0.3, -0.25) is 4.90 Å². The van der Waals surface area contributed by atoms with Crippen LogP contribution >= 0.6 is 0 Å². The van der Waals surface area contributed by atoms with E-state index in [0.29, 0.717) is 13.2 Å². The van der Waals surface area contributed by atoms with E-state index in [1.54, 1.807) is 0 Å². The van der Waals surface area contributed by atoms with Gasteiger partial charge >= 0.3 is 6.09 Å². The Morgan fingerprint density at radius 3 is 2.88 bits per heavy atom. The van der Waals surface area contributed by atoms with Gasteiger partial charge in [0.2, 0.25) is 0 Å². The molecular formula is C4H6FNO2. The molecular weight excluding hydrogens is 113 g/mol. The van der Waals surface area contributed by atoms with E-state index in [-0.39, 0.29) is 0 Å². The van der Waals surface area contributed by atoms with Crippen LogP contribution in [0.5, 0.6) is 0 Å². The van der Waals surface area contributed by atoms with Gasteiger partial charge in [-0.05, 0) is 0 Å². The second-order valence-corrected chi connectivity index (χ2v) is 1.50. The number of hydrogen-bond donors (Lipinski definition) is 0. The lowest BCUT2D eigenvalue weighted by molar-refractivity contribution is 0.146. The molecule has 46 valence electrons. The Bertz CT molecular complexity index is 106. The number of cyclic esters (lactones) is 1. The highest BCUT2D eigenvalue weighted by atomic mass is 19.1. The highest BCUT2D eigenvalue weighted by Gasteiger charge is 2.20. The van der Waals surface area contributed by atoms with Crippen LogP contribution in [0.25, 0.3) is 0 Å². The topological polar surface area (TPSA) is 29.5 Å². The van der Waals surface area contributed by atoms with E-state index in [2.05, 4.69) is 4.74 Å². The number of halogens is 1. The standard InChI is InChI=1S/C4H6FNO2/c5-3-6-1-2-8-4(6)7/h1-3H2. The summed E-state index contributed by atoms with van der Waals surface area (Å²) in [7, 11) is 0. The molecule has 0 radical (unpaired) electrons. The van der Waals surface area contributed by atoms with E-state index in [4.69, 9.17) is 0 Å². The highest BCUT2D eigenvalue weighted by molar-refractivity contribution is 5.68. The van der Waals surface area contributed by atoms with Gasteiger partial charge in [-0.25, -0.2) is 9.18 Å². The third kappa shape index (κ3) is 0.731. The summed E-state index contributed by atoms with van der Waals surface area (Å²) in [5.74, 6) is 0. The maximum absolute atomic E-state index is 11.6. The van der Waals surface area contributed by atoms with Crippen molar-refractivity contribution in [3.05, 3.63) is 0 Å². The second-order valence-electron chi connectivity index (χ2n) is 1.50. The first-order chi connectivity index (χ1) is 3.84. The van der Waals surface area contributed by atoms with Crippen LogP contribution in [-0.2, 0) is 4.74 Å². The summed E-state index contributed by atoms with van der Waals surface area (Å²) in [5.41, 5.74) is 0. The smallest absolute Gasteiger partial charge is 0.412 e. The summed E-state index contributed by atoms with van der Waals surface area (Å²) in [6, 6.07) is 0. The molecule has 1 saturated heterocycles. The van der Waals surface area contributed by atoms with Crippen LogP contribution in [0.15, 0.2) is 0 Å². The molecule has 1 fully saturated rings. The van der Waals surface area contributed by atoms with Crippen molar-refractivity contribution >= 4 is 6.09 Å². The van der Waals surface area contributed by atoms with E-state index in [9.17, 15) is 9.18 Å². The molecule has 8 heavy (non-hydrogen) atoms. The van der Waals surface area contributed by atoms with Crippen molar-refractivity contribution in [1.29, 1.82) is 0 Å². The van der Waals surface area contributed by atoms with E-state index in [1.165, 1.54) is 0 Å². The zero-order chi connectivity index (χ0) is 5.98. The Balaban J connectivity index is 2.42. The van der Waals surface area contributed by atoms with Crippen molar-refractivity contribution in [2.24, 2.45) is 0 Å². The number of hydrogen-bond acceptors (Lipinski definition) is 2. The molecule has 0 N–H and O–H groups in total. The summed E-state index contributed by atoms with van der Waals surface area (Å²) < 4.78 is 16.0. The van der Waals surface area contributed by atoms with Gasteiger partial charge in [0.1, 0.15) is 6.61 Å². The zero-order valence-corrected chi connectivity index (χ0v) is 4.26. The van der Waals surface area contributed by atoms with Gasteiger partial charge in [0.05, 0.1) is 6.54 Å². The third-order valence-corrected chi connectivity index (χ3v) is 0.989. The Morgan fingerprint density at radius 2 is 2.62 bits per heavy atom. The Kier molecular flexibility index (Phi) is 1.32. The van der Waals surface area contributed by atoms with Crippen molar-refractivity contribution in [3.63, 3.8) is 0 Å². The predicted molar refractivity (Wildman–Crippen MR) is 24.0 cm³/mol. The minimum Gasteiger partial charge on any atom is -0.447 e. The monoisotopic (exact) mass is 119 g/mol. The fourth-order valence-corrected chi connectivity index (χ4v) is 0.534. The van der Waals surface area contributed by atoms with Gasteiger partial charge in [0.25, 0.3) is 0 Å². The first kappa shape index (κ1) is 5.34. The minimum absolute atomic E-state index is 0.322. The SMILES string of the molecule is O=C1OCCN1CF. The maximum atomic E-state index is 11.6. The van der Waals surface area contributed by atoms with Crippen molar-refractivity contribution in [1.82, 2.24) is 4.90 Å². The second kappa shape index (κ2) is 1.98. The highest BCUT2D eigenvalue weighted by Crippen LogP contribution is 2.01. The summed E-state index contributed by atoms with van der Waals surface area (Å²) in [5, 5.41) is 0. The van der Waals surface area contributed by atoms with Crippen LogP contribution in [-0.4, -0.2) is 30.9 Å². The Hall–Kier alpha value is -0.800. The number of rotatable bonds is 1. The number of amides is 1. The Labute approximate surface area is 46.0 Å². The van der Waals surface area contributed by atoms with Gasteiger partial charge < -0.3 is 4.74 Å². The first-order valence-corrected chi connectivity index (χ1v) is 2.32. The lowest BCUT2D eigenvalue weighted by Gasteiger charge is -2.03. The Morgan fingerprint density at radius 1 is 1.88 bits per heavy atom. The molecule has 1 heterocycles. The fourth-order valence-electron chi connectivity index (χ4n) is 0.534. The van der Waals surface area contributed by atoms with Crippen LogP contribution in [0, 0.1) is 0 Å². The fraction of sp³-hybridized carbons (Fsp3) is 0.750. The largest absolute Gasteiger partial charge is 0.447 e. The van der Waals surface area contributed by atoms with Crippen LogP contribution in [0.2, 0.25) is 0 Å². The minimum atomic E-state index is -0.737. The van der Waals surface area contributed by atoms with E-state index < -0.39 is 12.9 Å². The lowest BCUT2D eigenvalue weighted by Crippen LogP contribution is -2.22. The summed E-state index contributed by atoms with van der Waals surface area (Å²) in [4.78, 5) is 11.3. The normalized spacial score (nSPS) is 19.1. The number of ether oxygens (including phenoxy) is 1. The molecule has 0 unspecified atom stereocenters. The van der Waals surface area contributed by atoms with Crippen LogP contribution in [0.1, 0.15) is 0 Å². The van der Waals surface area contributed by atoms with Crippen molar-refractivity contribution < 1.29 is 13.9 Å². The molecule has 3 nitrogen and oxygen atoms in total. The van der Waals surface area contributed by atoms with Gasteiger partial charge in [-0.2, -0.15) is 0 Å². The zero-order valence-electron chi connectivity index (χ0n) is 4.26. The summed E-state index contributed by atoms with van der Waals surface area (Å²) in [6.07, 6.45) is -0.549. The molecule has 0 spiro atoms. The van der Waals surface area contributed by atoms with Gasteiger partial charge in [0.15, 0.2) is 6.80 Å². The number of carbonyl (C=O) groups is 1. The molecule has 1 amide bonds. The van der Waals surface area contributed by atoms with E-state index in [1.807, 2.05) is 0 Å². The average Bonchev–Trinajstić information content (AvgIpc) is 2.14. The third-order valence-electron chi connectivity index (χ3n) is 0.989. The molecule has 0 aromatic carbocycles. The number of carbonyl (C=O) groups excluding carboxylic acids is 1. The summed E-state index contributed by atoms with van der Waals surface area (Å²) in [6.45, 7) is -0.0308.